The summed E-state index contributed by atoms with van der Waals surface area (Å²) in [6.07, 6.45) is 8.22. The predicted molar refractivity (Wildman–Crippen MR) is 117 cm³/mol. The first-order chi connectivity index (χ1) is 13.8. The van der Waals surface area contributed by atoms with Crippen LogP contribution in [0.15, 0.2) is 33.2 Å². The molecule has 1 aromatic rings. The fourth-order valence-electron chi connectivity index (χ4n) is 3.94. The number of rotatable bonds is 7. The zero-order valence-corrected chi connectivity index (χ0v) is 19.1. The van der Waals surface area contributed by atoms with E-state index in [2.05, 4.69) is 27.3 Å². The fraction of sp³-hybridized carbons (Fsp3) is 0.524. The lowest BCUT2D eigenvalue weighted by atomic mass is 9.97. The number of hydrogen-bond donors (Lipinski definition) is 1. The number of amides is 2. The molecule has 0 radical (unpaired) electrons. The monoisotopic (exact) mass is 482 g/mol. The number of allylic oxidation sites excluding steroid dienone is 1. The highest BCUT2D eigenvalue weighted by Gasteiger charge is 2.31. The number of hydrogen-bond acceptors (Lipinski definition) is 4. The second-order valence-corrected chi connectivity index (χ2v) is 10.6. The Labute approximate surface area is 180 Å². The molecule has 0 aromatic heterocycles. The molecule has 158 valence electrons. The molecule has 2 amide bonds. The first kappa shape index (κ1) is 22.0. The van der Waals surface area contributed by atoms with Gasteiger partial charge in [-0.2, -0.15) is 0 Å². The number of benzene rings is 1. The van der Waals surface area contributed by atoms with Crippen LogP contribution in [0.2, 0.25) is 0 Å². The number of sulfone groups is 1. The van der Waals surface area contributed by atoms with E-state index in [1.54, 1.807) is 0 Å². The molecule has 1 aliphatic heterocycles. The molecule has 29 heavy (non-hydrogen) atoms. The third kappa shape index (κ3) is 5.48. The van der Waals surface area contributed by atoms with Gasteiger partial charge in [0.1, 0.15) is 0 Å². The van der Waals surface area contributed by atoms with E-state index < -0.39 is 9.84 Å². The number of nitrogens with zero attached hydrogens (tertiary/aromatic N) is 1. The molecule has 0 fully saturated rings. The van der Waals surface area contributed by atoms with Crippen LogP contribution in [-0.2, 0) is 25.8 Å². The van der Waals surface area contributed by atoms with Crippen molar-refractivity contribution in [3.63, 3.8) is 0 Å². The summed E-state index contributed by atoms with van der Waals surface area (Å²) >= 11 is 3.36. The van der Waals surface area contributed by atoms with E-state index in [1.807, 2.05) is 6.07 Å². The van der Waals surface area contributed by atoms with Crippen molar-refractivity contribution in [2.45, 2.75) is 56.8 Å². The van der Waals surface area contributed by atoms with Crippen molar-refractivity contribution in [2.24, 2.45) is 0 Å². The highest BCUT2D eigenvalue weighted by Crippen LogP contribution is 2.38. The summed E-state index contributed by atoms with van der Waals surface area (Å²) in [7, 11) is -3.71. The van der Waals surface area contributed by atoms with Gasteiger partial charge < -0.3 is 10.2 Å². The van der Waals surface area contributed by atoms with E-state index in [1.165, 1.54) is 36.3 Å². The molecule has 3 rings (SSSR count). The summed E-state index contributed by atoms with van der Waals surface area (Å²) in [6, 6.07) is 3.38. The molecular formula is C21H27BrN2O4S. The lowest BCUT2D eigenvalue weighted by Crippen LogP contribution is -2.29. The Hall–Kier alpha value is -1.67. The zero-order valence-electron chi connectivity index (χ0n) is 16.7. The largest absolute Gasteiger partial charge is 0.356 e. The molecule has 8 heteroatoms. The second-order valence-electron chi connectivity index (χ2n) is 7.61. The van der Waals surface area contributed by atoms with Gasteiger partial charge in [-0.3, -0.25) is 9.59 Å². The van der Waals surface area contributed by atoms with E-state index >= 15 is 0 Å². The fourth-order valence-corrected chi connectivity index (χ4v) is 6.11. The van der Waals surface area contributed by atoms with Crippen LogP contribution in [0.1, 0.15) is 51.0 Å². The summed E-state index contributed by atoms with van der Waals surface area (Å²) in [5.41, 5.74) is 2.67. The Kier molecular flexibility index (Phi) is 7.16. The molecule has 0 bridgehead atoms. The van der Waals surface area contributed by atoms with Crippen LogP contribution in [0.3, 0.4) is 0 Å². The van der Waals surface area contributed by atoms with Gasteiger partial charge in [0, 0.05) is 30.9 Å². The third-order valence-corrected chi connectivity index (χ3v) is 7.64. The average molecular weight is 483 g/mol. The van der Waals surface area contributed by atoms with Gasteiger partial charge in [-0.25, -0.2) is 8.42 Å². The molecule has 0 atom stereocenters. The van der Waals surface area contributed by atoms with Crippen molar-refractivity contribution >= 4 is 43.3 Å². The van der Waals surface area contributed by atoms with Crippen molar-refractivity contribution in [3.05, 3.63) is 33.8 Å². The van der Waals surface area contributed by atoms with Gasteiger partial charge in [0.2, 0.25) is 11.8 Å². The average Bonchev–Trinajstić information content (AvgIpc) is 3.10. The Bertz CT molecular complexity index is 940. The highest BCUT2D eigenvalue weighted by molar-refractivity contribution is 9.10. The van der Waals surface area contributed by atoms with Crippen LogP contribution in [0, 0.1) is 0 Å². The minimum atomic E-state index is -3.71. The van der Waals surface area contributed by atoms with Crippen LogP contribution >= 0.6 is 15.9 Å². The normalized spacial score (nSPS) is 16.3. The van der Waals surface area contributed by atoms with E-state index in [0.29, 0.717) is 29.7 Å². The molecule has 0 saturated carbocycles. The molecule has 1 N–H and O–H groups in total. The van der Waals surface area contributed by atoms with Gasteiger partial charge in [-0.1, -0.05) is 27.6 Å². The smallest absolute Gasteiger partial charge is 0.223 e. The molecule has 6 nitrogen and oxygen atoms in total. The number of carbonyl (C=O) groups excluding carboxylic acids is 2. The van der Waals surface area contributed by atoms with E-state index in [4.69, 9.17) is 0 Å². The Morgan fingerprint density at radius 2 is 2.00 bits per heavy atom. The third-order valence-electron chi connectivity index (χ3n) is 5.46. The van der Waals surface area contributed by atoms with Gasteiger partial charge in [-0.05, 0) is 56.2 Å². The summed E-state index contributed by atoms with van der Waals surface area (Å²) in [4.78, 5) is 25.7. The van der Waals surface area contributed by atoms with E-state index in [-0.39, 0.29) is 28.9 Å². The summed E-state index contributed by atoms with van der Waals surface area (Å²) in [6.45, 7) is 2.44. The van der Waals surface area contributed by atoms with Gasteiger partial charge in [0.25, 0.3) is 0 Å². The van der Waals surface area contributed by atoms with E-state index in [9.17, 15) is 18.0 Å². The van der Waals surface area contributed by atoms with Gasteiger partial charge >= 0.3 is 0 Å². The van der Waals surface area contributed by atoms with Crippen LogP contribution in [-0.4, -0.2) is 39.1 Å². The molecule has 0 spiro atoms. The molecule has 1 heterocycles. The summed E-state index contributed by atoms with van der Waals surface area (Å²) in [5.74, 6) is -0.728. The van der Waals surface area contributed by atoms with Gasteiger partial charge in [0.05, 0.1) is 16.3 Å². The van der Waals surface area contributed by atoms with Gasteiger partial charge in [-0.15, -0.1) is 0 Å². The first-order valence-electron chi connectivity index (χ1n) is 10.1. The van der Waals surface area contributed by atoms with Crippen LogP contribution in [0.25, 0.3) is 0 Å². The number of nitrogens with one attached hydrogen (secondary N) is 1. The SMILES string of the molecule is CC(=O)N1CCc2cc(Br)cc(S(=O)(=O)CCC(=O)NCCC3=CCCCC3)c21. The molecule has 1 aromatic carbocycles. The standard InChI is InChI=1S/C21H27BrN2O4S/c1-15(25)24-11-8-17-13-18(22)14-19(21(17)24)29(27,28)12-9-20(26)23-10-7-16-5-3-2-4-6-16/h5,13-14H,2-4,6-12H2,1H3,(H,23,26). The molecular weight excluding hydrogens is 456 g/mol. The first-order valence-corrected chi connectivity index (χ1v) is 12.5. The number of fused-ring (bicyclic) bond motifs is 1. The Morgan fingerprint density at radius 3 is 2.69 bits per heavy atom. The predicted octanol–water partition coefficient (Wildman–Crippen LogP) is 3.53. The van der Waals surface area contributed by atoms with E-state index in [0.717, 1.165) is 24.8 Å². The topological polar surface area (TPSA) is 83.6 Å². The lowest BCUT2D eigenvalue weighted by Gasteiger charge is -2.19. The quantitative estimate of drug-likeness (QED) is 0.602. The second kappa shape index (κ2) is 9.43. The number of halogens is 1. The lowest BCUT2D eigenvalue weighted by molar-refractivity contribution is -0.120. The zero-order chi connectivity index (χ0) is 21.0. The molecule has 0 unspecified atom stereocenters. The van der Waals surface area contributed by atoms with Crippen LogP contribution in [0.5, 0.6) is 0 Å². The molecule has 2 aliphatic rings. The van der Waals surface area contributed by atoms with Crippen molar-refractivity contribution in [2.75, 3.05) is 23.7 Å². The van der Waals surface area contributed by atoms with Crippen molar-refractivity contribution in [1.29, 1.82) is 0 Å². The van der Waals surface area contributed by atoms with Crippen LogP contribution in [0.4, 0.5) is 5.69 Å². The number of anilines is 1. The Balaban J connectivity index is 1.63. The maximum absolute atomic E-state index is 13.0. The molecule has 1 aliphatic carbocycles. The maximum atomic E-state index is 13.0. The Morgan fingerprint density at radius 1 is 1.21 bits per heavy atom. The minimum Gasteiger partial charge on any atom is -0.356 e. The number of carbonyl (C=O) groups is 2. The van der Waals surface area contributed by atoms with Crippen LogP contribution < -0.4 is 10.2 Å². The highest BCUT2D eigenvalue weighted by atomic mass is 79.9. The van der Waals surface area contributed by atoms with Crippen molar-refractivity contribution in [1.82, 2.24) is 5.32 Å². The van der Waals surface area contributed by atoms with Gasteiger partial charge in [0.15, 0.2) is 9.84 Å². The summed E-state index contributed by atoms with van der Waals surface area (Å²) < 4.78 is 26.6. The minimum absolute atomic E-state index is 0.0945. The van der Waals surface area contributed by atoms with Crippen molar-refractivity contribution < 1.29 is 18.0 Å². The maximum Gasteiger partial charge on any atom is 0.223 e. The summed E-state index contributed by atoms with van der Waals surface area (Å²) in [5, 5.41) is 2.83. The van der Waals surface area contributed by atoms with Crippen molar-refractivity contribution in [3.8, 4) is 0 Å². The molecule has 0 saturated heterocycles.